The third kappa shape index (κ3) is 9.28. The number of allylic oxidation sites excluding steroid dienone is 9. The fourth-order valence-electron chi connectivity index (χ4n) is 7.36. The number of aromatic nitrogens is 6. The van der Waals surface area contributed by atoms with Gasteiger partial charge in [0.1, 0.15) is 0 Å². The Morgan fingerprint density at radius 3 is 2.03 bits per heavy atom. The standard InChI is InChI=1S/C38H28N4.C11H8N2.C3H6.C2H6S/c1-3-10-26(4-2)27-15-17-28(18-16-27)34-24-35(41-38(40-34)29-11-6-5-7-12-29)30-19-20-31(23-30)42-36-14-9-8-13-32(36)33-25-39-22-21-37(33)42;1-2-4-10-8(3-1)9-7-12-6-5-11(9)13-10;2*1-3-2/h3-19,21-25H,1-2,20H2;1-7,13H;3H,1H2,2H3;1-2H3/b26-10+;;;. The molecule has 1 aliphatic carbocycles. The van der Waals surface area contributed by atoms with Crippen molar-refractivity contribution in [1.82, 2.24) is 29.5 Å². The smallest absolute Gasteiger partial charge is 0.160 e. The molecular weight excluding hydrogens is 765 g/mol. The van der Waals surface area contributed by atoms with E-state index in [1.54, 1.807) is 30.1 Å². The van der Waals surface area contributed by atoms with Gasteiger partial charge >= 0.3 is 0 Å². The highest BCUT2D eigenvalue weighted by atomic mass is 32.2. The van der Waals surface area contributed by atoms with Crippen LogP contribution in [0.1, 0.15) is 24.6 Å². The van der Waals surface area contributed by atoms with E-state index in [1.165, 1.54) is 32.9 Å². The van der Waals surface area contributed by atoms with Gasteiger partial charge in [-0.05, 0) is 72.6 Å². The van der Waals surface area contributed by atoms with Crippen molar-refractivity contribution in [2.24, 2.45) is 0 Å². The third-order valence-electron chi connectivity index (χ3n) is 10.0. The highest BCUT2D eigenvalue weighted by Gasteiger charge is 2.19. The number of para-hydroxylation sites is 2. The summed E-state index contributed by atoms with van der Waals surface area (Å²) in [6.45, 7) is 13.0. The molecule has 0 atom stereocenters. The zero-order valence-corrected chi connectivity index (χ0v) is 35.6. The number of hydrogen-bond donors (Lipinski definition) is 1. The summed E-state index contributed by atoms with van der Waals surface area (Å²) in [7, 11) is 0. The van der Waals surface area contributed by atoms with Gasteiger partial charge in [0, 0.05) is 80.6 Å². The number of pyridine rings is 2. The van der Waals surface area contributed by atoms with Gasteiger partial charge in [-0.25, -0.2) is 9.97 Å². The summed E-state index contributed by atoms with van der Waals surface area (Å²) < 4.78 is 2.35. The van der Waals surface area contributed by atoms with E-state index in [1.807, 2.05) is 86.6 Å². The molecule has 5 heterocycles. The molecule has 0 bridgehead atoms. The average Bonchev–Trinajstić information content (AvgIpc) is 4.04. The summed E-state index contributed by atoms with van der Waals surface area (Å²) >= 11 is 1.75. The van der Waals surface area contributed by atoms with E-state index in [2.05, 4.69) is 136 Å². The Bertz CT molecular complexity index is 2950. The maximum atomic E-state index is 5.06. The van der Waals surface area contributed by atoms with Gasteiger partial charge in [0.15, 0.2) is 5.82 Å². The summed E-state index contributed by atoms with van der Waals surface area (Å²) in [5.74, 6) is 0.705. The number of H-pyrrole nitrogens is 1. The van der Waals surface area contributed by atoms with Gasteiger partial charge in [-0.2, -0.15) is 11.8 Å². The van der Waals surface area contributed by atoms with E-state index >= 15 is 0 Å². The molecule has 61 heavy (non-hydrogen) atoms. The number of nitrogens with zero attached hydrogens (tertiary/aromatic N) is 5. The second-order valence-electron chi connectivity index (χ2n) is 14.1. The van der Waals surface area contributed by atoms with Crippen molar-refractivity contribution < 1.29 is 0 Å². The molecule has 0 fully saturated rings. The Kier molecular flexibility index (Phi) is 13.8. The molecule has 0 spiro atoms. The summed E-state index contributed by atoms with van der Waals surface area (Å²) in [4.78, 5) is 21.9. The van der Waals surface area contributed by atoms with Crippen LogP contribution in [0, 0.1) is 0 Å². The second-order valence-corrected chi connectivity index (χ2v) is 14.9. The van der Waals surface area contributed by atoms with Crippen molar-refractivity contribution in [2.45, 2.75) is 13.3 Å². The number of thioether (sulfide) groups is 1. The Labute approximate surface area is 362 Å². The molecule has 5 aromatic heterocycles. The molecule has 1 aliphatic rings. The van der Waals surface area contributed by atoms with Crippen LogP contribution in [0.5, 0.6) is 0 Å². The van der Waals surface area contributed by atoms with Crippen molar-refractivity contribution in [3.63, 3.8) is 0 Å². The molecule has 0 saturated heterocycles. The van der Waals surface area contributed by atoms with E-state index in [0.717, 1.165) is 62.1 Å². The van der Waals surface area contributed by atoms with Crippen LogP contribution in [0.15, 0.2) is 202 Å². The maximum absolute atomic E-state index is 5.06. The quantitative estimate of drug-likeness (QED) is 0.128. The number of hydrogen-bond acceptors (Lipinski definition) is 5. The Balaban J connectivity index is 0.000000244. The van der Waals surface area contributed by atoms with Gasteiger partial charge in [-0.3, -0.25) is 9.97 Å². The SMILES string of the molecule is C=C/C=C(\C=C)c1ccc(-c2cc(C3=CCC(n4c5ccccc5c5cnccc54)=C3)nc(-c3ccccc3)n2)cc1.C=CC.CSC.c1ccc2c(c1)[nH]c1ccncc12. The third-order valence-corrected chi connectivity index (χ3v) is 10.0. The van der Waals surface area contributed by atoms with E-state index < -0.39 is 0 Å². The normalized spacial score (nSPS) is 12.0. The summed E-state index contributed by atoms with van der Waals surface area (Å²) in [6, 6.07) is 41.5. The van der Waals surface area contributed by atoms with Crippen LogP contribution < -0.4 is 0 Å². The van der Waals surface area contributed by atoms with Crippen molar-refractivity contribution in [3.8, 4) is 22.6 Å². The minimum atomic E-state index is 0.705. The lowest BCUT2D eigenvalue weighted by Gasteiger charge is -2.10. The van der Waals surface area contributed by atoms with Crippen LogP contribution in [-0.4, -0.2) is 42.0 Å². The minimum absolute atomic E-state index is 0.705. The Hall–Kier alpha value is -7.35. The molecule has 300 valence electrons. The first kappa shape index (κ1) is 41.8. The molecule has 10 rings (SSSR count). The molecule has 7 heteroatoms. The molecule has 0 aliphatic heterocycles. The fraction of sp³-hybridized carbons (Fsp3) is 0.0741. The van der Waals surface area contributed by atoms with E-state index in [4.69, 9.17) is 9.97 Å². The highest BCUT2D eigenvalue weighted by Crippen LogP contribution is 2.37. The summed E-state index contributed by atoms with van der Waals surface area (Å²) in [5.41, 5.74) is 12.9. The molecule has 0 amide bonds. The monoisotopic (exact) mass is 812 g/mol. The lowest BCUT2D eigenvalue weighted by Crippen LogP contribution is -1.98. The predicted molar refractivity (Wildman–Crippen MR) is 264 cm³/mol. The first-order valence-electron chi connectivity index (χ1n) is 20.0. The highest BCUT2D eigenvalue weighted by molar-refractivity contribution is 7.97. The maximum Gasteiger partial charge on any atom is 0.160 e. The first-order chi connectivity index (χ1) is 30.0. The molecule has 1 N–H and O–H groups in total. The zero-order valence-electron chi connectivity index (χ0n) is 34.8. The molecule has 4 aromatic carbocycles. The molecule has 0 radical (unpaired) electrons. The number of fused-ring (bicyclic) bond motifs is 6. The molecule has 9 aromatic rings. The molecule has 6 nitrogen and oxygen atoms in total. The van der Waals surface area contributed by atoms with Gasteiger partial charge in [-0.1, -0.05) is 135 Å². The van der Waals surface area contributed by atoms with E-state index in [-0.39, 0.29) is 0 Å². The number of benzene rings is 4. The van der Waals surface area contributed by atoms with Crippen LogP contribution in [0.3, 0.4) is 0 Å². The second kappa shape index (κ2) is 20.1. The zero-order chi connectivity index (χ0) is 42.6. The van der Waals surface area contributed by atoms with Crippen LogP contribution in [0.25, 0.3) is 83.1 Å². The fourth-order valence-corrected chi connectivity index (χ4v) is 7.36. The number of aromatic amines is 1. The summed E-state index contributed by atoms with van der Waals surface area (Å²) in [6.07, 6.45) is 24.3. The van der Waals surface area contributed by atoms with Gasteiger partial charge in [-0.15, -0.1) is 6.58 Å². The lowest BCUT2D eigenvalue weighted by molar-refractivity contribution is 1.15. The van der Waals surface area contributed by atoms with Crippen molar-refractivity contribution in [2.75, 3.05) is 12.5 Å². The van der Waals surface area contributed by atoms with Crippen LogP contribution in [0.4, 0.5) is 0 Å². The first-order valence-corrected chi connectivity index (χ1v) is 21.7. The summed E-state index contributed by atoms with van der Waals surface area (Å²) in [5, 5.41) is 4.80. The van der Waals surface area contributed by atoms with Crippen molar-refractivity contribution in [1.29, 1.82) is 0 Å². The van der Waals surface area contributed by atoms with Gasteiger partial charge in [0.2, 0.25) is 0 Å². The van der Waals surface area contributed by atoms with Gasteiger partial charge in [0.05, 0.1) is 22.4 Å². The van der Waals surface area contributed by atoms with Crippen molar-refractivity contribution >= 4 is 72.2 Å². The van der Waals surface area contributed by atoms with Crippen LogP contribution in [-0.2, 0) is 0 Å². The topological polar surface area (TPSA) is 72.3 Å². The Morgan fingerprint density at radius 1 is 0.672 bits per heavy atom. The molecule has 0 unspecified atom stereocenters. The van der Waals surface area contributed by atoms with Gasteiger partial charge in [0.25, 0.3) is 0 Å². The van der Waals surface area contributed by atoms with Crippen molar-refractivity contribution in [3.05, 3.63) is 214 Å². The van der Waals surface area contributed by atoms with E-state index in [9.17, 15) is 0 Å². The molecular formula is C54H48N6S. The van der Waals surface area contributed by atoms with Crippen LogP contribution in [0.2, 0.25) is 0 Å². The average molecular weight is 813 g/mol. The van der Waals surface area contributed by atoms with Crippen LogP contribution >= 0.6 is 11.8 Å². The minimum Gasteiger partial charge on any atom is -0.354 e. The van der Waals surface area contributed by atoms with Gasteiger partial charge < -0.3 is 9.55 Å². The lowest BCUT2D eigenvalue weighted by atomic mass is 10.0. The number of nitrogens with one attached hydrogen (secondary N) is 1. The Morgan fingerprint density at radius 2 is 1.30 bits per heavy atom. The van der Waals surface area contributed by atoms with E-state index in [0.29, 0.717) is 5.82 Å². The predicted octanol–water partition coefficient (Wildman–Crippen LogP) is 14.3. The number of rotatable bonds is 7. The molecule has 0 saturated carbocycles. The largest absolute Gasteiger partial charge is 0.354 e.